The highest BCUT2D eigenvalue weighted by Gasteiger charge is 2.45. The number of hydrogen-bond acceptors (Lipinski definition) is 0. The van der Waals surface area contributed by atoms with Gasteiger partial charge in [0.2, 0.25) is 0 Å². The first-order valence-electron chi connectivity index (χ1n) is 5.11. The molecule has 0 aromatic rings. The van der Waals surface area contributed by atoms with E-state index in [1.807, 2.05) is 0 Å². The molecule has 0 aromatic carbocycles. The Labute approximate surface area is 77.4 Å². The predicted octanol–water partition coefficient (Wildman–Crippen LogP) is 2.52. The second-order valence-electron chi connectivity index (χ2n) is 5.89. The molecule has 72 valence electrons. The summed E-state index contributed by atoms with van der Waals surface area (Å²) in [5.74, 6) is 1.79. The maximum Gasteiger partial charge on any atom is 0.0905 e. The Hall–Kier alpha value is -0.0400. The van der Waals surface area contributed by atoms with Crippen LogP contribution in [0.2, 0.25) is 0 Å². The van der Waals surface area contributed by atoms with Gasteiger partial charge in [0.25, 0.3) is 0 Å². The third-order valence-corrected chi connectivity index (χ3v) is 3.97. The zero-order valence-electron chi connectivity index (χ0n) is 9.52. The van der Waals surface area contributed by atoms with Crippen molar-refractivity contribution in [1.82, 2.24) is 0 Å². The lowest BCUT2D eigenvalue weighted by molar-refractivity contribution is -0.944. The highest BCUT2D eigenvalue weighted by molar-refractivity contribution is 4.74. The number of rotatable bonds is 0. The summed E-state index contributed by atoms with van der Waals surface area (Å²) in [4.78, 5) is 0. The van der Waals surface area contributed by atoms with Crippen LogP contribution in [0.3, 0.4) is 0 Å². The van der Waals surface area contributed by atoms with Crippen molar-refractivity contribution >= 4 is 0 Å². The van der Waals surface area contributed by atoms with Crippen molar-refractivity contribution in [1.29, 1.82) is 0 Å². The van der Waals surface area contributed by atoms with E-state index < -0.39 is 0 Å². The molecular formula is C11H24N+. The van der Waals surface area contributed by atoms with Crippen LogP contribution in [-0.4, -0.2) is 30.2 Å². The lowest BCUT2D eigenvalue weighted by atomic mass is 10.0. The van der Waals surface area contributed by atoms with Crippen molar-refractivity contribution in [2.24, 2.45) is 11.8 Å². The average Bonchev–Trinajstić information content (AvgIpc) is 2.06. The first kappa shape index (κ1) is 10.0. The second-order valence-corrected chi connectivity index (χ2v) is 5.89. The van der Waals surface area contributed by atoms with E-state index in [4.69, 9.17) is 0 Å². The van der Waals surface area contributed by atoms with E-state index in [9.17, 15) is 0 Å². The van der Waals surface area contributed by atoms with Gasteiger partial charge in [0.05, 0.1) is 25.7 Å². The summed E-state index contributed by atoms with van der Waals surface area (Å²) in [5.41, 5.74) is 0.416. The number of quaternary nitrogens is 1. The van der Waals surface area contributed by atoms with E-state index in [1.54, 1.807) is 0 Å². The van der Waals surface area contributed by atoms with Crippen LogP contribution in [0.25, 0.3) is 0 Å². The summed E-state index contributed by atoms with van der Waals surface area (Å²) in [6, 6.07) is 0. The lowest BCUT2D eigenvalue weighted by Gasteiger charge is -2.42. The fourth-order valence-corrected chi connectivity index (χ4v) is 2.25. The third-order valence-electron chi connectivity index (χ3n) is 3.97. The van der Waals surface area contributed by atoms with Crippen molar-refractivity contribution in [2.45, 2.75) is 40.2 Å². The fraction of sp³-hybridized carbons (Fsp3) is 1.00. The Morgan fingerprint density at radius 2 is 1.33 bits per heavy atom. The minimum Gasteiger partial charge on any atom is -0.321 e. The number of hydrogen-bond donors (Lipinski definition) is 0. The van der Waals surface area contributed by atoms with Crippen LogP contribution in [-0.2, 0) is 0 Å². The van der Waals surface area contributed by atoms with Gasteiger partial charge in [-0.1, -0.05) is 13.8 Å². The van der Waals surface area contributed by atoms with Gasteiger partial charge in [-0.05, 0) is 20.8 Å². The number of likely N-dealkylation sites (tertiary alicyclic amines) is 1. The highest BCUT2D eigenvalue weighted by atomic mass is 15.4. The summed E-state index contributed by atoms with van der Waals surface area (Å²) in [6.07, 6.45) is 0. The van der Waals surface area contributed by atoms with E-state index in [-0.39, 0.29) is 0 Å². The molecule has 2 unspecified atom stereocenters. The molecule has 0 aromatic heterocycles. The smallest absolute Gasteiger partial charge is 0.0905 e. The maximum atomic E-state index is 2.40. The van der Waals surface area contributed by atoms with Gasteiger partial charge in [-0.3, -0.25) is 0 Å². The van der Waals surface area contributed by atoms with E-state index in [0.717, 1.165) is 11.8 Å². The first-order chi connectivity index (χ1) is 5.26. The molecular weight excluding hydrogens is 146 g/mol. The molecule has 0 saturated carbocycles. The molecule has 1 heterocycles. The van der Waals surface area contributed by atoms with E-state index >= 15 is 0 Å². The van der Waals surface area contributed by atoms with Crippen LogP contribution in [0.4, 0.5) is 0 Å². The van der Waals surface area contributed by atoms with Gasteiger partial charge in [-0.2, -0.15) is 0 Å². The molecule has 1 aliphatic rings. The molecule has 1 heteroatoms. The molecule has 1 nitrogen and oxygen atoms in total. The molecule has 1 saturated heterocycles. The zero-order chi connectivity index (χ0) is 9.57. The molecule has 0 spiro atoms. The minimum absolute atomic E-state index is 0.416. The molecule has 0 N–H and O–H groups in total. The average molecular weight is 170 g/mol. The Bertz CT molecular complexity index is 156. The van der Waals surface area contributed by atoms with Crippen LogP contribution >= 0.6 is 0 Å². The van der Waals surface area contributed by atoms with Gasteiger partial charge in [0, 0.05) is 11.8 Å². The third kappa shape index (κ3) is 1.52. The standard InChI is InChI=1S/C11H24N/c1-9-7-12(6,8-10(9)2)11(3,4)5/h9-10H,7-8H2,1-6H3/q+1. The zero-order valence-corrected chi connectivity index (χ0v) is 9.52. The van der Waals surface area contributed by atoms with Crippen molar-refractivity contribution < 1.29 is 4.48 Å². The van der Waals surface area contributed by atoms with E-state index in [1.165, 1.54) is 17.6 Å². The largest absolute Gasteiger partial charge is 0.321 e. The first-order valence-corrected chi connectivity index (χ1v) is 5.11. The quantitative estimate of drug-likeness (QED) is 0.490. The molecule has 0 bridgehead atoms. The topological polar surface area (TPSA) is 0 Å². The SMILES string of the molecule is CC1C[N+](C)(C(C)(C)C)CC1C. The van der Waals surface area contributed by atoms with Crippen molar-refractivity contribution in [3.8, 4) is 0 Å². The minimum atomic E-state index is 0.416. The van der Waals surface area contributed by atoms with Crippen LogP contribution in [0.15, 0.2) is 0 Å². The molecule has 1 rings (SSSR count). The van der Waals surface area contributed by atoms with Crippen molar-refractivity contribution in [3.63, 3.8) is 0 Å². The van der Waals surface area contributed by atoms with Gasteiger partial charge in [-0.15, -0.1) is 0 Å². The lowest BCUT2D eigenvalue weighted by Crippen LogP contribution is -2.55. The van der Waals surface area contributed by atoms with Gasteiger partial charge in [0.15, 0.2) is 0 Å². The molecule has 0 radical (unpaired) electrons. The van der Waals surface area contributed by atoms with E-state index in [2.05, 4.69) is 41.7 Å². The molecule has 1 aliphatic heterocycles. The van der Waals surface area contributed by atoms with Crippen LogP contribution in [0, 0.1) is 11.8 Å². The summed E-state index contributed by atoms with van der Waals surface area (Å²) >= 11 is 0. The fourth-order valence-electron chi connectivity index (χ4n) is 2.25. The molecule has 1 fully saturated rings. The van der Waals surface area contributed by atoms with E-state index in [0.29, 0.717) is 5.54 Å². The van der Waals surface area contributed by atoms with Gasteiger partial charge in [-0.25, -0.2) is 0 Å². The van der Waals surface area contributed by atoms with Crippen molar-refractivity contribution in [2.75, 3.05) is 20.1 Å². The van der Waals surface area contributed by atoms with Gasteiger partial charge >= 0.3 is 0 Å². The van der Waals surface area contributed by atoms with Crippen molar-refractivity contribution in [3.05, 3.63) is 0 Å². The summed E-state index contributed by atoms with van der Waals surface area (Å²) in [7, 11) is 2.40. The normalized spacial score (nSPS) is 43.5. The molecule has 12 heavy (non-hydrogen) atoms. The second kappa shape index (κ2) is 2.73. The Balaban J connectivity index is 2.77. The molecule has 0 amide bonds. The highest BCUT2D eigenvalue weighted by Crippen LogP contribution is 2.34. The maximum absolute atomic E-state index is 2.40. The predicted molar refractivity (Wildman–Crippen MR) is 54.0 cm³/mol. The van der Waals surface area contributed by atoms with Gasteiger partial charge in [0.1, 0.15) is 0 Å². The Kier molecular flexibility index (Phi) is 2.28. The van der Waals surface area contributed by atoms with Crippen LogP contribution in [0.1, 0.15) is 34.6 Å². The van der Waals surface area contributed by atoms with Gasteiger partial charge < -0.3 is 4.48 Å². The Morgan fingerprint density at radius 1 is 1.00 bits per heavy atom. The van der Waals surface area contributed by atoms with Crippen LogP contribution < -0.4 is 0 Å². The summed E-state index contributed by atoms with van der Waals surface area (Å²) in [6.45, 7) is 14.6. The van der Waals surface area contributed by atoms with Crippen LogP contribution in [0.5, 0.6) is 0 Å². The summed E-state index contributed by atoms with van der Waals surface area (Å²) < 4.78 is 1.25. The number of nitrogens with zero attached hydrogens (tertiary/aromatic N) is 1. The monoisotopic (exact) mass is 170 g/mol. The summed E-state index contributed by atoms with van der Waals surface area (Å²) in [5, 5.41) is 0. The Morgan fingerprint density at radius 3 is 1.50 bits per heavy atom. The molecule has 2 atom stereocenters. The molecule has 0 aliphatic carbocycles.